The van der Waals surface area contributed by atoms with Gasteiger partial charge in [0.05, 0.1) is 12.7 Å². The van der Waals surface area contributed by atoms with Crippen LogP contribution in [0.5, 0.6) is 0 Å². The first kappa shape index (κ1) is 10.9. The molecule has 78 valence electrons. The lowest BCUT2D eigenvalue weighted by Crippen LogP contribution is -2.55. The van der Waals surface area contributed by atoms with E-state index in [0.29, 0.717) is 0 Å². The van der Waals surface area contributed by atoms with Crippen molar-refractivity contribution in [3.63, 3.8) is 0 Å². The van der Waals surface area contributed by atoms with E-state index in [1.165, 1.54) is 7.11 Å². The number of hydrogen-bond acceptors (Lipinski definition) is 5. The van der Waals surface area contributed by atoms with Crippen molar-refractivity contribution in [1.29, 1.82) is 0 Å². The van der Waals surface area contributed by atoms with Gasteiger partial charge in [-0.25, -0.2) is 0 Å². The van der Waals surface area contributed by atoms with Crippen molar-refractivity contribution in [1.82, 2.24) is 0 Å². The average molecular weight is 192 g/mol. The van der Waals surface area contributed by atoms with E-state index in [4.69, 9.17) is 14.6 Å². The maximum Gasteiger partial charge on any atom is 0.160 e. The van der Waals surface area contributed by atoms with E-state index >= 15 is 0 Å². The lowest BCUT2D eigenvalue weighted by atomic mass is 9.92. The zero-order valence-electron chi connectivity index (χ0n) is 7.75. The second kappa shape index (κ2) is 4.34. The quantitative estimate of drug-likeness (QED) is 0.507. The summed E-state index contributed by atoms with van der Waals surface area (Å²) in [7, 11) is 1.46. The summed E-state index contributed by atoms with van der Waals surface area (Å²) >= 11 is 0. The molecular weight excluding hydrogens is 176 g/mol. The molecule has 3 N–H and O–H groups in total. The van der Waals surface area contributed by atoms with Crippen LogP contribution in [0.4, 0.5) is 0 Å². The Morgan fingerprint density at radius 3 is 2.46 bits per heavy atom. The van der Waals surface area contributed by atoms with Crippen LogP contribution in [-0.2, 0) is 9.47 Å². The van der Waals surface area contributed by atoms with E-state index in [1.54, 1.807) is 6.92 Å². The van der Waals surface area contributed by atoms with Gasteiger partial charge in [0.15, 0.2) is 6.29 Å². The van der Waals surface area contributed by atoms with Crippen molar-refractivity contribution in [2.24, 2.45) is 5.92 Å². The summed E-state index contributed by atoms with van der Waals surface area (Å²) in [5.74, 6) is -0.303. The molecule has 1 aliphatic rings. The third kappa shape index (κ3) is 2.00. The molecule has 1 saturated heterocycles. The van der Waals surface area contributed by atoms with Crippen LogP contribution in [0, 0.1) is 5.92 Å². The fraction of sp³-hybridized carbons (Fsp3) is 1.00. The highest BCUT2D eigenvalue weighted by Crippen LogP contribution is 2.26. The molecule has 5 unspecified atom stereocenters. The molecule has 1 heterocycles. The molecule has 13 heavy (non-hydrogen) atoms. The molecule has 0 aromatic carbocycles. The summed E-state index contributed by atoms with van der Waals surface area (Å²) < 4.78 is 9.98. The molecule has 0 aromatic rings. The van der Waals surface area contributed by atoms with Crippen LogP contribution < -0.4 is 0 Å². The molecule has 0 radical (unpaired) electrons. The second-order valence-corrected chi connectivity index (χ2v) is 3.30. The zero-order valence-corrected chi connectivity index (χ0v) is 7.75. The number of ether oxygens (including phenoxy) is 2. The van der Waals surface area contributed by atoms with Gasteiger partial charge in [-0.3, -0.25) is 0 Å². The number of methoxy groups -OCH3 is 1. The minimum atomic E-state index is -0.995. The zero-order chi connectivity index (χ0) is 10.0. The fourth-order valence-corrected chi connectivity index (χ4v) is 1.57. The third-order valence-electron chi connectivity index (χ3n) is 2.45. The fourth-order valence-electron chi connectivity index (χ4n) is 1.57. The summed E-state index contributed by atoms with van der Waals surface area (Å²) in [6.45, 7) is 1.39. The Labute approximate surface area is 76.9 Å². The normalized spacial score (nSPS) is 46.4. The van der Waals surface area contributed by atoms with Crippen molar-refractivity contribution >= 4 is 0 Å². The number of hydrogen-bond donors (Lipinski definition) is 3. The lowest BCUT2D eigenvalue weighted by molar-refractivity contribution is -0.270. The maximum absolute atomic E-state index is 9.60. The molecule has 5 heteroatoms. The maximum atomic E-state index is 9.60. The van der Waals surface area contributed by atoms with Crippen molar-refractivity contribution in [3.8, 4) is 0 Å². The Morgan fingerprint density at radius 1 is 1.38 bits per heavy atom. The van der Waals surface area contributed by atoms with Crippen LogP contribution in [0.2, 0.25) is 0 Å². The van der Waals surface area contributed by atoms with Crippen LogP contribution in [0.1, 0.15) is 6.92 Å². The third-order valence-corrected chi connectivity index (χ3v) is 2.45. The van der Waals surface area contributed by atoms with Crippen LogP contribution in [0.25, 0.3) is 0 Å². The predicted molar refractivity (Wildman–Crippen MR) is 43.9 cm³/mol. The van der Waals surface area contributed by atoms with E-state index in [2.05, 4.69) is 0 Å². The number of aliphatic hydroxyl groups is 3. The van der Waals surface area contributed by atoms with E-state index in [-0.39, 0.29) is 12.5 Å². The van der Waals surface area contributed by atoms with Crippen LogP contribution >= 0.6 is 0 Å². The molecule has 0 amide bonds. The molecule has 0 aliphatic carbocycles. The summed E-state index contributed by atoms with van der Waals surface area (Å²) in [6, 6.07) is 0. The summed E-state index contributed by atoms with van der Waals surface area (Å²) in [6.07, 6.45) is -3.16. The van der Waals surface area contributed by atoms with Gasteiger partial charge in [-0.2, -0.15) is 0 Å². The molecule has 0 aromatic heterocycles. The van der Waals surface area contributed by atoms with E-state index < -0.39 is 24.6 Å². The van der Waals surface area contributed by atoms with Gasteiger partial charge in [0.25, 0.3) is 0 Å². The van der Waals surface area contributed by atoms with Gasteiger partial charge in [-0.1, -0.05) is 6.92 Å². The van der Waals surface area contributed by atoms with Crippen LogP contribution in [-0.4, -0.2) is 53.6 Å². The first-order chi connectivity index (χ1) is 6.11. The number of aliphatic hydroxyl groups excluding tert-OH is 3. The summed E-state index contributed by atoms with van der Waals surface area (Å²) in [4.78, 5) is 0. The Hall–Kier alpha value is -0.200. The van der Waals surface area contributed by atoms with Crippen molar-refractivity contribution < 1.29 is 24.8 Å². The molecule has 1 aliphatic heterocycles. The monoisotopic (exact) mass is 192 g/mol. The smallest absolute Gasteiger partial charge is 0.160 e. The molecule has 0 saturated carbocycles. The molecule has 1 fully saturated rings. The highest BCUT2D eigenvalue weighted by atomic mass is 16.6. The predicted octanol–water partition coefficient (Wildman–Crippen LogP) is -1.29. The molecular formula is C8H16O5. The Bertz CT molecular complexity index is 163. The Morgan fingerprint density at radius 2 is 2.00 bits per heavy atom. The standard InChI is InChI=1S/C8H16O5/c1-4-7(12-2)6(10)5(3-9)13-8(4)11/h4-11H,3H2,1-2H3. The van der Waals surface area contributed by atoms with Gasteiger partial charge < -0.3 is 24.8 Å². The Balaban J connectivity index is 2.69. The summed E-state index contributed by atoms with van der Waals surface area (Å²) in [5, 5.41) is 27.8. The van der Waals surface area contributed by atoms with E-state index in [0.717, 1.165) is 0 Å². The largest absolute Gasteiger partial charge is 0.394 e. The number of rotatable bonds is 2. The van der Waals surface area contributed by atoms with E-state index in [9.17, 15) is 10.2 Å². The van der Waals surface area contributed by atoms with Gasteiger partial charge in [0.1, 0.15) is 12.2 Å². The second-order valence-electron chi connectivity index (χ2n) is 3.30. The molecule has 0 bridgehead atoms. The van der Waals surface area contributed by atoms with Gasteiger partial charge in [0.2, 0.25) is 0 Å². The van der Waals surface area contributed by atoms with Gasteiger partial charge in [-0.15, -0.1) is 0 Å². The first-order valence-electron chi connectivity index (χ1n) is 4.27. The minimum Gasteiger partial charge on any atom is -0.394 e. The molecule has 1 rings (SSSR count). The van der Waals surface area contributed by atoms with Crippen molar-refractivity contribution in [2.75, 3.05) is 13.7 Å². The van der Waals surface area contributed by atoms with Crippen LogP contribution in [0.15, 0.2) is 0 Å². The highest BCUT2D eigenvalue weighted by Gasteiger charge is 2.42. The van der Waals surface area contributed by atoms with Crippen LogP contribution in [0.3, 0.4) is 0 Å². The summed E-state index contributed by atoms with van der Waals surface area (Å²) in [5.41, 5.74) is 0. The van der Waals surface area contributed by atoms with Gasteiger partial charge >= 0.3 is 0 Å². The molecule has 0 spiro atoms. The lowest BCUT2D eigenvalue weighted by Gasteiger charge is -2.40. The highest BCUT2D eigenvalue weighted by molar-refractivity contribution is 4.87. The SMILES string of the molecule is COC1C(C)C(O)OC(CO)C1O. The first-order valence-corrected chi connectivity index (χ1v) is 4.27. The average Bonchev–Trinajstić information content (AvgIpc) is 2.12. The Kier molecular flexibility index (Phi) is 3.63. The van der Waals surface area contributed by atoms with Crippen molar-refractivity contribution in [2.45, 2.75) is 31.5 Å². The molecule has 5 atom stereocenters. The van der Waals surface area contributed by atoms with Gasteiger partial charge in [-0.05, 0) is 0 Å². The van der Waals surface area contributed by atoms with Gasteiger partial charge in [0, 0.05) is 13.0 Å². The molecule has 5 nitrogen and oxygen atoms in total. The minimum absolute atomic E-state index is 0.303. The topological polar surface area (TPSA) is 79.2 Å². The van der Waals surface area contributed by atoms with Crippen molar-refractivity contribution in [3.05, 3.63) is 0 Å². The van der Waals surface area contributed by atoms with E-state index in [1.807, 2.05) is 0 Å².